The molecule has 0 saturated heterocycles. The van der Waals surface area contributed by atoms with Crippen LogP contribution in [0.2, 0.25) is 0 Å². The van der Waals surface area contributed by atoms with Gasteiger partial charge in [-0.3, -0.25) is 25.0 Å². The van der Waals surface area contributed by atoms with Gasteiger partial charge in [0.05, 0.1) is 9.85 Å². The zero-order valence-corrected chi connectivity index (χ0v) is 14.5. The number of aryl methyl sites for hydroxylation is 1. The molecule has 0 bridgehead atoms. The Hall–Kier alpha value is -3.55. The van der Waals surface area contributed by atoms with E-state index in [4.69, 9.17) is 0 Å². The maximum Gasteiger partial charge on any atom is 0.293 e. The molecular weight excluding hydrogens is 338 g/mol. The van der Waals surface area contributed by atoms with E-state index in [2.05, 4.69) is 0 Å². The Morgan fingerprint density at radius 1 is 1.00 bits per heavy atom. The molecule has 0 atom stereocenters. The molecule has 0 saturated carbocycles. The Bertz CT molecular complexity index is 919. The summed E-state index contributed by atoms with van der Waals surface area (Å²) in [7, 11) is 3.40. The van der Waals surface area contributed by atoms with E-state index in [-0.39, 0.29) is 16.9 Å². The van der Waals surface area contributed by atoms with Crippen LogP contribution in [-0.4, -0.2) is 29.7 Å². The van der Waals surface area contributed by atoms with Gasteiger partial charge in [-0.1, -0.05) is 24.3 Å². The highest BCUT2D eigenvalue weighted by molar-refractivity contribution is 6.07. The van der Waals surface area contributed by atoms with Crippen LogP contribution in [-0.2, 0) is 0 Å². The summed E-state index contributed by atoms with van der Waals surface area (Å²) in [5, 5.41) is 22.2. The second-order valence-corrected chi connectivity index (χ2v) is 5.86. The van der Waals surface area contributed by atoms with Gasteiger partial charge < -0.3 is 4.90 Å². The Balaban J connectivity index is 2.31. The van der Waals surface area contributed by atoms with E-state index in [9.17, 15) is 25.0 Å². The number of carbonyl (C=O) groups is 1. The number of ketones is 1. The molecule has 0 aliphatic heterocycles. The van der Waals surface area contributed by atoms with Crippen molar-refractivity contribution in [3.63, 3.8) is 0 Å². The molecule has 0 aliphatic rings. The van der Waals surface area contributed by atoms with Crippen molar-refractivity contribution < 1.29 is 14.6 Å². The molecule has 0 aromatic heterocycles. The topological polar surface area (TPSA) is 107 Å². The van der Waals surface area contributed by atoms with E-state index in [1.165, 1.54) is 36.4 Å². The van der Waals surface area contributed by atoms with Crippen molar-refractivity contribution in [3.05, 3.63) is 79.4 Å². The molecule has 0 amide bonds. The molecule has 2 aromatic carbocycles. The minimum absolute atomic E-state index is 0.0735. The molecule has 0 unspecified atom stereocenters. The maximum atomic E-state index is 12.2. The lowest BCUT2D eigenvalue weighted by atomic mass is 10.1. The molecular formula is C18H17N3O5. The monoisotopic (exact) mass is 355 g/mol. The number of hydrogen-bond acceptors (Lipinski definition) is 6. The summed E-state index contributed by atoms with van der Waals surface area (Å²) >= 11 is 0. The lowest BCUT2D eigenvalue weighted by Gasteiger charge is -2.12. The Labute approximate surface area is 149 Å². The number of rotatable bonds is 6. The number of nitro groups is 2. The summed E-state index contributed by atoms with van der Waals surface area (Å²) in [5.41, 5.74) is 1.37. The highest BCUT2D eigenvalue weighted by Crippen LogP contribution is 2.28. The highest BCUT2D eigenvalue weighted by atomic mass is 16.6. The molecule has 0 radical (unpaired) electrons. The molecule has 2 aromatic rings. The van der Waals surface area contributed by atoms with Crippen LogP contribution >= 0.6 is 0 Å². The number of nitrogens with zero attached hydrogens (tertiary/aromatic N) is 3. The third-order valence-corrected chi connectivity index (χ3v) is 3.80. The minimum atomic E-state index is -0.542. The van der Waals surface area contributed by atoms with Crippen LogP contribution in [0.15, 0.2) is 42.5 Å². The number of hydrogen-bond donors (Lipinski definition) is 0. The van der Waals surface area contributed by atoms with Crippen molar-refractivity contribution in [3.8, 4) is 0 Å². The summed E-state index contributed by atoms with van der Waals surface area (Å²) in [6, 6.07) is 8.86. The first-order chi connectivity index (χ1) is 12.2. The fourth-order valence-corrected chi connectivity index (χ4v) is 2.40. The molecule has 26 heavy (non-hydrogen) atoms. The Morgan fingerprint density at radius 3 is 2.23 bits per heavy atom. The fourth-order valence-electron chi connectivity index (χ4n) is 2.40. The van der Waals surface area contributed by atoms with Crippen molar-refractivity contribution in [2.45, 2.75) is 6.92 Å². The van der Waals surface area contributed by atoms with Crippen molar-refractivity contribution in [1.82, 2.24) is 0 Å². The minimum Gasteiger partial charge on any atom is -0.372 e. The van der Waals surface area contributed by atoms with Crippen LogP contribution in [0.4, 0.5) is 17.1 Å². The Kier molecular flexibility index (Phi) is 5.46. The van der Waals surface area contributed by atoms with Gasteiger partial charge in [-0.15, -0.1) is 0 Å². The summed E-state index contributed by atoms with van der Waals surface area (Å²) < 4.78 is 0. The van der Waals surface area contributed by atoms with Crippen molar-refractivity contribution in [2.24, 2.45) is 0 Å². The van der Waals surface area contributed by atoms with Crippen molar-refractivity contribution in [1.29, 1.82) is 0 Å². The van der Waals surface area contributed by atoms with Gasteiger partial charge in [0, 0.05) is 37.4 Å². The van der Waals surface area contributed by atoms with Gasteiger partial charge in [-0.25, -0.2) is 0 Å². The van der Waals surface area contributed by atoms with Gasteiger partial charge in [0.15, 0.2) is 5.78 Å². The standard InChI is InChI=1S/C18H17N3O5/c1-12-4-7-14(11-16(12)20(23)24)18(22)9-6-13-5-8-15(19(2)3)17(10-13)21(25)26/h4-11H,1-3H3/b9-6+. The average Bonchev–Trinajstić information content (AvgIpc) is 2.59. The van der Waals surface area contributed by atoms with Gasteiger partial charge in [0.2, 0.25) is 0 Å². The lowest BCUT2D eigenvalue weighted by Crippen LogP contribution is -2.11. The first-order valence-electron chi connectivity index (χ1n) is 7.64. The second-order valence-electron chi connectivity index (χ2n) is 5.86. The maximum absolute atomic E-state index is 12.2. The van der Waals surface area contributed by atoms with Crippen molar-refractivity contribution >= 4 is 28.9 Å². The summed E-state index contributed by atoms with van der Waals surface area (Å²) in [6.45, 7) is 1.59. The summed E-state index contributed by atoms with van der Waals surface area (Å²) in [6.07, 6.45) is 2.68. The third-order valence-electron chi connectivity index (χ3n) is 3.80. The van der Waals surface area contributed by atoms with Gasteiger partial charge >= 0.3 is 0 Å². The number of carbonyl (C=O) groups excluding carboxylic acids is 1. The molecule has 8 heteroatoms. The molecule has 0 aliphatic carbocycles. The number of nitro benzene ring substituents is 2. The van der Waals surface area contributed by atoms with Gasteiger partial charge in [0.25, 0.3) is 11.4 Å². The summed E-state index contributed by atoms with van der Waals surface area (Å²) in [5.74, 6) is -0.424. The number of benzene rings is 2. The normalized spacial score (nSPS) is 10.7. The van der Waals surface area contributed by atoms with E-state index in [1.807, 2.05) is 0 Å². The van der Waals surface area contributed by atoms with Crippen LogP contribution in [0.5, 0.6) is 0 Å². The Morgan fingerprint density at radius 2 is 1.65 bits per heavy atom. The van der Waals surface area contributed by atoms with Gasteiger partial charge in [-0.2, -0.15) is 0 Å². The van der Waals surface area contributed by atoms with Crippen LogP contribution in [0.1, 0.15) is 21.5 Å². The highest BCUT2D eigenvalue weighted by Gasteiger charge is 2.16. The first kappa shape index (κ1) is 18.8. The molecule has 134 valence electrons. The average molecular weight is 355 g/mol. The van der Waals surface area contributed by atoms with Crippen molar-refractivity contribution in [2.75, 3.05) is 19.0 Å². The second kappa shape index (κ2) is 7.56. The van der Waals surface area contributed by atoms with Crippen LogP contribution in [0.25, 0.3) is 6.08 Å². The third kappa shape index (κ3) is 4.10. The smallest absolute Gasteiger partial charge is 0.293 e. The summed E-state index contributed by atoms with van der Waals surface area (Å²) in [4.78, 5) is 35.0. The number of anilines is 1. The first-order valence-corrected chi connectivity index (χ1v) is 7.64. The van der Waals surface area contributed by atoms with E-state index in [0.29, 0.717) is 16.8 Å². The lowest BCUT2D eigenvalue weighted by molar-refractivity contribution is -0.385. The molecule has 2 rings (SSSR count). The quantitative estimate of drug-likeness (QED) is 0.338. The van der Waals surface area contributed by atoms with Gasteiger partial charge in [0.1, 0.15) is 5.69 Å². The van der Waals surface area contributed by atoms with E-state index in [0.717, 1.165) is 0 Å². The zero-order valence-electron chi connectivity index (χ0n) is 14.5. The SMILES string of the molecule is Cc1ccc(C(=O)/C=C/c2ccc(N(C)C)c([N+](=O)[O-])c2)cc1[N+](=O)[O-]. The molecule has 0 heterocycles. The molecule has 8 nitrogen and oxygen atoms in total. The molecule has 0 fully saturated rings. The van der Waals surface area contributed by atoms with Crippen LogP contribution < -0.4 is 4.90 Å². The largest absolute Gasteiger partial charge is 0.372 e. The van der Waals surface area contributed by atoms with Gasteiger partial charge in [-0.05, 0) is 24.6 Å². The van der Waals surface area contributed by atoms with E-state index >= 15 is 0 Å². The number of allylic oxidation sites excluding steroid dienone is 1. The predicted octanol–water partition coefficient (Wildman–Crippen LogP) is 3.77. The zero-order chi connectivity index (χ0) is 19.4. The van der Waals surface area contributed by atoms with E-state index < -0.39 is 15.6 Å². The fraction of sp³-hybridized carbons (Fsp3) is 0.167. The van der Waals surface area contributed by atoms with E-state index in [1.54, 1.807) is 38.1 Å². The molecule has 0 spiro atoms. The molecule has 0 N–H and O–H groups in total. The van der Waals surface area contributed by atoms with Crippen LogP contribution in [0.3, 0.4) is 0 Å². The predicted molar refractivity (Wildman–Crippen MR) is 98.6 cm³/mol. The van der Waals surface area contributed by atoms with Crippen LogP contribution in [0, 0.1) is 27.2 Å².